The van der Waals surface area contributed by atoms with Gasteiger partial charge >= 0.3 is 4.87 Å². The van der Waals surface area contributed by atoms with Crippen molar-refractivity contribution in [3.63, 3.8) is 0 Å². The maximum Gasteiger partial charge on any atom is 0.308 e. The lowest BCUT2D eigenvalue weighted by Gasteiger charge is -2.40. The Balaban J connectivity index is 1.36. The SMILES string of the molecule is O=C(Cn1c2c(sc1=O)[C@@H](c1ccc(F)cc1)C1C3CCC(C3)C1S2)Nc1ccc(O)cc1. The van der Waals surface area contributed by atoms with Gasteiger partial charge < -0.3 is 10.4 Å². The number of hydrogen-bond donors (Lipinski definition) is 2. The number of nitrogens with zero attached hydrogens (tertiary/aromatic N) is 1. The number of aromatic nitrogens is 1. The molecule has 6 rings (SSSR count). The lowest BCUT2D eigenvalue weighted by atomic mass is 9.75. The molecule has 5 atom stereocenters. The Bertz CT molecular complexity index is 1270. The van der Waals surface area contributed by atoms with Crippen LogP contribution in [0.5, 0.6) is 5.75 Å². The van der Waals surface area contributed by atoms with Crippen LogP contribution in [0.4, 0.5) is 10.1 Å². The molecule has 5 nitrogen and oxygen atoms in total. The van der Waals surface area contributed by atoms with Gasteiger partial charge in [0.15, 0.2) is 0 Å². The number of carbonyl (C=O) groups is 1. The Morgan fingerprint density at radius 3 is 2.58 bits per heavy atom. The largest absolute Gasteiger partial charge is 0.508 e. The van der Waals surface area contributed by atoms with Crippen molar-refractivity contribution in [1.29, 1.82) is 0 Å². The van der Waals surface area contributed by atoms with Crippen molar-refractivity contribution >= 4 is 34.7 Å². The van der Waals surface area contributed by atoms with Crippen LogP contribution < -0.4 is 10.2 Å². The number of thiazole rings is 1. The van der Waals surface area contributed by atoms with Gasteiger partial charge in [-0.1, -0.05) is 23.5 Å². The summed E-state index contributed by atoms with van der Waals surface area (Å²) < 4.78 is 15.3. The molecule has 2 fully saturated rings. The molecule has 2 aliphatic carbocycles. The minimum absolute atomic E-state index is 0.0554. The van der Waals surface area contributed by atoms with Crippen molar-refractivity contribution in [2.24, 2.45) is 17.8 Å². The van der Waals surface area contributed by atoms with Crippen LogP contribution in [0.1, 0.15) is 35.6 Å². The van der Waals surface area contributed by atoms with Gasteiger partial charge in [0.25, 0.3) is 0 Å². The number of anilines is 1. The summed E-state index contributed by atoms with van der Waals surface area (Å²) in [5, 5.41) is 13.6. The third kappa shape index (κ3) is 3.60. The van der Waals surface area contributed by atoms with E-state index in [1.54, 1.807) is 28.5 Å². The number of rotatable bonds is 4. The lowest BCUT2D eigenvalue weighted by molar-refractivity contribution is -0.116. The number of nitrogens with one attached hydrogen (secondary N) is 1. The fourth-order valence-electron chi connectivity index (χ4n) is 6.02. The molecule has 2 aromatic carbocycles. The predicted molar refractivity (Wildman–Crippen MR) is 128 cm³/mol. The van der Waals surface area contributed by atoms with Gasteiger partial charge in [-0.3, -0.25) is 14.2 Å². The zero-order valence-corrected chi connectivity index (χ0v) is 19.4. The Labute approximate surface area is 198 Å². The van der Waals surface area contributed by atoms with E-state index in [1.807, 2.05) is 12.1 Å². The Morgan fingerprint density at radius 2 is 1.82 bits per heavy atom. The second-order valence-electron chi connectivity index (χ2n) is 9.24. The van der Waals surface area contributed by atoms with Gasteiger partial charge in [-0.15, -0.1) is 11.8 Å². The van der Waals surface area contributed by atoms with Crippen LogP contribution in [0, 0.1) is 23.6 Å². The first kappa shape index (κ1) is 21.0. The van der Waals surface area contributed by atoms with Crippen LogP contribution in [-0.2, 0) is 11.3 Å². The molecule has 8 heteroatoms. The molecule has 1 aliphatic heterocycles. The standard InChI is InChI=1S/C25H23FN2O3S2/c26-16-5-3-13(4-6-16)20-21-14-1-2-15(11-14)22(21)32-24-23(20)33-25(31)28(24)12-19(30)27-17-7-9-18(29)10-8-17/h3-10,14-15,20-22,29H,1-2,11-12H2,(H,27,30)/t14?,15?,20-,21?,22?/m0/s1. The first-order valence-corrected chi connectivity index (χ1v) is 12.9. The average molecular weight is 483 g/mol. The van der Waals surface area contributed by atoms with Gasteiger partial charge in [0, 0.05) is 21.7 Å². The molecule has 2 N–H and O–H groups in total. The molecule has 2 heterocycles. The zero-order valence-electron chi connectivity index (χ0n) is 17.7. The lowest BCUT2D eigenvalue weighted by Crippen LogP contribution is -2.34. The molecule has 3 aliphatic rings. The number of hydrogen-bond acceptors (Lipinski definition) is 5. The fraction of sp³-hybridized carbons (Fsp3) is 0.360. The number of aromatic hydroxyl groups is 1. The van der Waals surface area contributed by atoms with Gasteiger partial charge in [-0.2, -0.15) is 0 Å². The van der Waals surface area contributed by atoms with Gasteiger partial charge in [0.2, 0.25) is 5.91 Å². The van der Waals surface area contributed by atoms with E-state index in [9.17, 15) is 19.1 Å². The molecule has 170 valence electrons. The van der Waals surface area contributed by atoms with Crippen LogP contribution >= 0.6 is 23.1 Å². The highest BCUT2D eigenvalue weighted by Gasteiger charge is 2.55. The highest BCUT2D eigenvalue weighted by molar-refractivity contribution is 8.00. The van der Waals surface area contributed by atoms with Crippen molar-refractivity contribution < 1.29 is 14.3 Å². The number of phenolic OH excluding ortho intramolecular Hbond substituents is 1. The summed E-state index contributed by atoms with van der Waals surface area (Å²) in [6.45, 7) is -0.0554. The predicted octanol–water partition coefficient (Wildman–Crippen LogP) is 5.05. The number of fused-ring (bicyclic) bond motifs is 6. The zero-order chi connectivity index (χ0) is 22.7. The monoisotopic (exact) mass is 482 g/mol. The van der Waals surface area contributed by atoms with E-state index in [2.05, 4.69) is 5.32 Å². The van der Waals surface area contributed by atoms with E-state index >= 15 is 0 Å². The molecule has 0 spiro atoms. The summed E-state index contributed by atoms with van der Waals surface area (Å²) in [4.78, 5) is 26.7. The Hall–Kier alpha value is -2.58. The molecular formula is C25H23FN2O3S2. The molecule has 1 aromatic heterocycles. The number of carbonyl (C=O) groups excluding carboxylic acids is 1. The minimum Gasteiger partial charge on any atom is -0.508 e. The molecule has 33 heavy (non-hydrogen) atoms. The summed E-state index contributed by atoms with van der Waals surface area (Å²) in [6, 6.07) is 13.0. The van der Waals surface area contributed by atoms with Crippen LogP contribution in [0.3, 0.4) is 0 Å². The van der Waals surface area contributed by atoms with Gasteiger partial charge in [-0.05, 0) is 79.0 Å². The number of benzene rings is 2. The summed E-state index contributed by atoms with van der Waals surface area (Å²) >= 11 is 3.01. The Kier molecular flexibility index (Phi) is 5.10. The van der Waals surface area contributed by atoms with Gasteiger partial charge in [-0.25, -0.2) is 4.39 Å². The van der Waals surface area contributed by atoms with Crippen LogP contribution in [0.15, 0.2) is 58.4 Å². The number of halogens is 1. The summed E-state index contributed by atoms with van der Waals surface area (Å²) in [7, 11) is 0. The van der Waals surface area contributed by atoms with Gasteiger partial charge in [0.1, 0.15) is 18.1 Å². The van der Waals surface area contributed by atoms with Crippen LogP contribution in [0.2, 0.25) is 0 Å². The number of phenols is 1. The first-order chi connectivity index (χ1) is 16.0. The van der Waals surface area contributed by atoms with E-state index in [1.165, 1.54) is 54.9 Å². The third-order valence-corrected chi connectivity index (χ3v) is 10.2. The summed E-state index contributed by atoms with van der Waals surface area (Å²) in [5.41, 5.74) is 1.63. The maximum absolute atomic E-state index is 13.7. The minimum atomic E-state index is -0.280. The molecule has 3 aromatic rings. The van der Waals surface area contributed by atoms with Gasteiger partial charge in [0.05, 0.1) is 5.03 Å². The highest BCUT2D eigenvalue weighted by atomic mass is 32.2. The third-order valence-electron chi connectivity index (χ3n) is 7.37. The highest BCUT2D eigenvalue weighted by Crippen LogP contribution is 2.64. The van der Waals surface area contributed by atoms with E-state index in [-0.39, 0.29) is 34.8 Å². The topological polar surface area (TPSA) is 71.3 Å². The first-order valence-electron chi connectivity index (χ1n) is 11.2. The van der Waals surface area contributed by atoms with Crippen molar-refractivity contribution in [1.82, 2.24) is 4.57 Å². The fourth-order valence-corrected chi connectivity index (χ4v) is 9.17. The molecule has 0 radical (unpaired) electrons. The average Bonchev–Trinajstić information content (AvgIpc) is 3.49. The summed E-state index contributed by atoms with van der Waals surface area (Å²) in [6.07, 6.45) is 3.67. The summed E-state index contributed by atoms with van der Waals surface area (Å²) in [5.74, 6) is 1.38. The second-order valence-corrected chi connectivity index (χ2v) is 11.4. The van der Waals surface area contributed by atoms with Crippen LogP contribution in [0.25, 0.3) is 0 Å². The molecule has 4 unspecified atom stereocenters. The van der Waals surface area contributed by atoms with E-state index < -0.39 is 0 Å². The quantitative estimate of drug-likeness (QED) is 0.511. The molecule has 1 amide bonds. The number of amides is 1. The van der Waals surface area contributed by atoms with E-state index in [0.717, 1.165) is 15.5 Å². The molecule has 0 saturated heterocycles. The number of thioether (sulfide) groups is 1. The van der Waals surface area contributed by atoms with E-state index in [0.29, 0.717) is 28.7 Å². The van der Waals surface area contributed by atoms with Crippen LogP contribution in [-0.4, -0.2) is 20.8 Å². The molecule has 2 saturated carbocycles. The van der Waals surface area contributed by atoms with Crippen molar-refractivity contribution in [3.05, 3.63) is 74.5 Å². The van der Waals surface area contributed by atoms with Crippen molar-refractivity contribution in [2.45, 2.75) is 42.0 Å². The van der Waals surface area contributed by atoms with Crippen molar-refractivity contribution in [3.8, 4) is 5.75 Å². The van der Waals surface area contributed by atoms with Crippen molar-refractivity contribution in [2.75, 3.05) is 5.32 Å². The second kappa shape index (κ2) is 8.02. The smallest absolute Gasteiger partial charge is 0.308 e. The molecular weight excluding hydrogens is 459 g/mol. The van der Waals surface area contributed by atoms with E-state index in [4.69, 9.17) is 0 Å². The molecule has 2 bridgehead atoms. The normalized spacial score (nSPS) is 27.2. The Morgan fingerprint density at radius 1 is 1.09 bits per heavy atom. The maximum atomic E-state index is 13.7.